The molecule has 0 aromatic heterocycles. The van der Waals surface area contributed by atoms with E-state index in [1.807, 2.05) is 5.70 Å². The van der Waals surface area contributed by atoms with Crippen molar-refractivity contribution in [2.75, 3.05) is 21.3 Å². The first-order chi connectivity index (χ1) is 8.20. The monoisotopic (exact) mass is 338 g/mol. The molecule has 0 amide bonds. The Balaban J connectivity index is 3.49. The predicted octanol–water partition coefficient (Wildman–Crippen LogP) is 0.798. The van der Waals surface area contributed by atoms with E-state index < -0.39 is 39.2 Å². The van der Waals surface area contributed by atoms with Gasteiger partial charge in [-0.05, 0) is 13.1 Å². The summed E-state index contributed by atoms with van der Waals surface area (Å²) in [5.41, 5.74) is 2.02. The molecule has 4 nitrogen and oxygen atoms in total. The molecule has 0 radical (unpaired) electrons. The lowest BCUT2D eigenvalue weighted by molar-refractivity contribution is 0.269. The Morgan fingerprint density at radius 1 is 1.00 bits per heavy atom. The van der Waals surface area contributed by atoms with Crippen molar-refractivity contribution >= 4 is 39.2 Å². The zero-order chi connectivity index (χ0) is 14.2. The fraction of sp³-hybridized carbons (Fsp3) is 0.778. The molecule has 1 aliphatic rings. The summed E-state index contributed by atoms with van der Waals surface area (Å²) >= 11 is 0. The van der Waals surface area contributed by atoms with E-state index >= 15 is 0 Å². The highest BCUT2D eigenvalue weighted by atomic mass is 30.0. The number of hydrogen-bond acceptors (Lipinski definition) is 4. The van der Waals surface area contributed by atoms with Crippen LogP contribution in [0.5, 0.6) is 0 Å². The van der Waals surface area contributed by atoms with Gasteiger partial charge in [0.15, 0.2) is 17.1 Å². The van der Waals surface area contributed by atoms with Gasteiger partial charge in [-0.3, -0.25) is 0 Å². The molecule has 0 aromatic rings. The van der Waals surface area contributed by atoms with Crippen LogP contribution in [-0.2, 0) is 17.4 Å². The largest absolute Gasteiger partial charge is 0.462 e. The summed E-state index contributed by atoms with van der Waals surface area (Å²) in [7, 11) is -3.34. The predicted molar refractivity (Wildman–Crippen MR) is 87.3 cm³/mol. The van der Waals surface area contributed by atoms with E-state index in [9.17, 15) is 0 Å². The standard InChI is InChI=1S/C9H26O4Si5/c1-9-17(10-2)14-13-15(5,6)16(7,8)18(17,11-3)12-4/h9H,1,14H2,2-8H3. The Labute approximate surface area is 116 Å². The normalized spacial score (nSPS) is 34.4. The van der Waals surface area contributed by atoms with Crippen LogP contribution < -0.4 is 0 Å². The van der Waals surface area contributed by atoms with E-state index in [0.29, 0.717) is 0 Å². The van der Waals surface area contributed by atoms with Crippen molar-refractivity contribution in [2.45, 2.75) is 26.2 Å². The van der Waals surface area contributed by atoms with Gasteiger partial charge in [-0.25, -0.2) is 0 Å². The molecule has 106 valence electrons. The van der Waals surface area contributed by atoms with Crippen LogP contribution in [0.15, 0.2) is 12.3 Å². The topological polar surface area (TPSA) is 36.9 Å². The van der Waals surface area contributed by atoms with E-state index in [1.165, 1.54) is 0 Å². The van der Waals surface area contributed by atoms with E-state index in [0.717, 1.165) is 0 Å². The summed E-state index contributed by atoms with van der Waals surface area (Å²) in [6.45, 7) is 13.4. The van der Waals surface area contributed by atoms with Gasteiger partial charge in [0.05, 0.1) is 0 Å². The molecular formula is C9H26O4Si5. The minimum atomic E-state index is -2.34. The van der Waals surface area contributed by atoms with Crippen LogP contribution in [0.3, 0.4) is 0 Å². The van der Waals surface area contributed by atoms with Crippen LogP contribution in [0, 0.1) is 0 Å². The van der Waals surface area contributed by atoms with Crippen LogP contribution in [0.1, 0.15) is 0 Å². The first kappa shape index (κ1) is 16.7. The maximum atomic E-state index is 6.42. The van der Waals surface area contributed by atoms with Crippen molar-refractivity contribution in [3.05, 3.63) is 12.3 Å². The van der Waals surface area contributed by atoms with Gasteiger partial charge in [-0.2, -0.15) is 0 Å². The SMILES string of the molecule is C=C[Si]1(OC)[SiH2]O[Si](C)(C)[Si](C)(C)[Si]1(OC)OC. The summed E-state index contributed by atoms with van der Waals surface area (Å²) in [6, 6.07) is 0. The third-order valence-corrected chi connectivity index (χ3v) is 72.3. The van der Waals surface area contributed by atoms with Crippen LogP contribution in [-0.4, -0.2) is 60.5 Å². The Morgan fingerprint density at radius 3 is 1.83 bits per heavy atom. The van der Waals surface area contributed by atoms with Crippen molar-refractivity contribution < 1.29 is 17.4 Å². The molecule has 1 saturated heterocycles. The lowest BCUT2D eigenvalue weighted by atomic mass is 11.3. The highest BCUT2D eigenvalue weighted by molar-refractivity contribution is 7.87. The second-order valence-electron chi connectivity index (χ2n) is 5.75. The Bertz CT molecular complexity index is 331. The molecule has 0 N–H and O–H groups in total. The molecule has 1 rings (SSSR count). The highest BCUT2D eigenvalue weighted by Crippen LogP contribution is 2.40. The molecule has 1 heterocycles. The molecule has 0 aliphatic carbocycles. The van der Waals surface area contributed by atoms with Crippen LogP contribution in [0.2, 0.25) is 26.2 Å². The summed E-state index contributed by atoms with van der Waals surface area (Å²) < 4.78 is 24.6. The van der Waals surface area contributed by atoms with Gasteiger partial charge in [0.1, 0.15) is 7.11 Å². The van der Waals surface area contributed by atoms with Crippen LogP contribution >= 0.6 is 0 Å². The zero-order valence-electron chi connectivity index (χ0n) is 12.6. The van der Waals surface area contributed by atoms with Crippen molar-refractivity contribution in [1.82, 2.24) is 0 Å². The molecule has 1 atom stereocenters. The van der Waals surface area contributed by atoms with Crippen molar-refractivity contribution in [3.8, 4) is 0 Å². The van der Waals surface area contributed by atoms with Crippen LogP contribution in [0.25, 0.3) is 0 Å². The number of rotatable bonds is 4. The molecule has 0 aromatic carbocycles. The molecule has 9 heteroatoms. The molecular weight excluding hydrogens is 313 g/mol. The van der Waals surface area contributed by atoms with Crippen LogP contribution in [0.4, 0.5) is 0 Å². The van der Waals surface area contributed by atoms with E-state index in [-0.39, 0.29) is 0 Å². The fourth-order valence-electron chi connectivity index (χ4n) is 2.90. The maximum absolute atomic E-state index is 6.42. The lowest BCUT2D eigenvalue weighted by Gasteiger charge is -2.57. The lowest BCUT2D eigenvalue weighted by Crippen LogP contribution is -2.91. The highest BCUT2D eigenvalue weighted by Gasteiger charge is 2.76. The first-order valence-corrected chi connectivity index (χ1v) is 21.7. The second-order valence-corrected chi connectivity index (χ2v) is 44.8. The molecule has 0 spiro atoms. The minimum Gasteiger partial charge on any atom is -0.462 e. The first-order valence-electron chi connectivity index (χ1n) is 6.13. The average Bonchev–Trinajstić information content (AvgIpc) is 2.33. The van der Waals surface area contributed by atoms with Crippen molar-refractivity contribution in [1.29, 1.82) is 0 Å². The molecule has 1 aliphatic heterocycles. The van der Waals surface area contributed by atoms with Crippen molar-refractivity contribution in [2.24, 2.45) is 0 Å². The van der Waals surface area contributed by atoms with Gasteiger partial charge in [-0.1, -0.05) is 18.8 Å². The summed E-state index contributed by atoms with van der Waals surface area (Å²) in [6.07, 6.45) is 0. The van der Waals surface area contributed by atoms with Gasteiger partial charge in [0.25, 0.3) is 7.35 Å². The summed E-state index contributed by atoms with van der Waals surface area (Å²) in [4.78, 5) is 0. The Kier molecular flexibility index (Phi) is 4.85. The summed E-state index contributed by atoms with van der Waals surface area (Å²) in [5, 5.41) is 0. The van der Waals surface area contributed by atoms with E-state index in [1.54, 1.807) is 21.3 Å². The maximum Gasteiger partial charge on any atom is 0.331 e. The molecule has 18 heavy (non-hydrogen) atoms. The molecule has 0 saturated carbocycles. The quantitative estimate of drug-likeness (QED) is 0.711. The molecule has 1 fully saturated rings. The minimum absolute atomic E-state index is 0.777. The smallest absolute Gasteiger partial charge is 0.331 e. The van der Waals surface area contributed by atoms with E-state index in [2.05, 4.69) is 32.8 Å². The van der Waals surface area contributed by atoms with Gasteiger partial charge in [0, 0.05) is 21.3 Å². The van der Waals surface area contributed by atoms with Gasteiger partial charge in [0.2, 0.25) is 0 Å². The van der Waals surface area contributed by atoms with Gasteiger partial charge >= 0.3 is 7.60 Å². The van der Waals surface area contributed by atoms with Crippen molar-refractivity contribution in [3.63, 3.8) is 0 Å². The second kappa shape index (κ2) is 5.22. The zero-order valence-corrected chi connectivity index (χ0v) is 18.0. The third-order valence-electron chi connectivity index (χ3n) is 4.80. The van der Waals surface area contributed by atoms with Gasteiger partial charge in [-0.15, -0.1) is 6.58 Å². The van der Waals surface area contributed by atoms with E-state index in [4.69, 9.17) is 17.4 Å². The fourth-order valence-corrected chi connectivity index (χ4v) is 96.5. The number of hydrogen-bond donors (Lipinski definition) is 0. The average molecular weight is 339 g/mol. The third kappa shape index (κ3) is 1.88. The summed E-state index contributed by atoms with van der Waals surface area (Å²) in [5.74, 6) is 0. The Hall–Kier alpha value is 0.664. The van der Waals surface area contributed by atoms with Gasteiger partial charge < -0.3 is 17.4 Å². The molecule has 1 unspecified atom stereocenters. The molecule has 0 bridgehead atoms. The Morgan fingerprint density at radius 2 is 1.50 bits per heavy atom.